The van der Waals surface area contributed by atoms with Crippen molar-refractivity contribution >= 4 is 22.5 Å². The highest BCUT2D eigenvalue weighted by molar-refractivity contribution is 6.05. The first-order valence-electron chi connectivity index (χ1n) is 5.61. The molecule has 0 saturated heterocycles. The normalized spacial score (nSPS) is 18.4. The molecule has 0 saturated carbocycles. The molecule has 1 amide bonds. The van der Waals surface area contributed by atoms with Gasteiger partial charge >= 0.3 is 0 Å². The highest BCUT2D eigenvalue weighted by Gasteiger charge is 2.26. The van der Waals surface area contributed by atoms with Gasteiger partial charge in [0, 0.05) is 23.6 Å². The third kappa shape index (κ3) is 1.79. The molecule has 3 rings (SSSR count). The quantitative estimate of drug-likeness (QED) is 0.858. The van der Waals surface area contributed by atoms with Crippen molar-refractivity contribution in [2.45, 2.75) is 12.5 Å². The second kappa shape index (κ2) is 4.10. The number of oxime groups is 1. The Labute approximate surface area is 103 Å². The van der Waals surface area contributed by atoms with Crippen LogP contribution in [0.4, 0.5) is 0 Å². The van der Waals surface area contributed by atoms with Gasteiger partial charge in [0.1, 0.15) is 0 Å². The van der Waals surface area contributed by atoms with Crippen molar-refractivity contribution in [2.75, 3.05) is 0 Å². The summed E-state index contributed by atoms with van der Waals surface area (Å²) in [6.45, 7) is 0. The van der Waals surface area contributed by atoms with Crippen LogP contribution >= 0.6 is 0 Å². The molecule has 1 aromatic carbocycles. The summed E-state index contributed by atoms with van der Waals surface area (Å²) in [5.74, 6) is -0.498. The summed E-state index contributed by atoms with van der Waals surface area (Å²) in [5.41, 5.74) is 7.66. The molecule has 0 radical (unpaired) electrons. The Bertz CT molecular complexity index is 651. The zero-order valence-corrected chi connectivity index (χ0v) is 9.54. The number of benzene rings is 1. The highest BCUT2D eigenvalue weighted by atomic mass is 16.6. The zero-order valence-electron chi connectivity index (χ0n) is 9.54. The summed E-state index contributed by atoms with van der Waals surface area (Å²) in [7, 11) is 0. The Morgan fingerprint density at radius 2 is 2.22 bits per heavy atom. The minimum atomic E-state index is -0.661. The van der Waals surface area contributed by atoms with Gasteiger partial charge in [-0.05, 0) is 12.1 Å². The SMILES string of the molecule is NC(=O)C1CC(c2cnc3ccccc3c2)=NO1. The fourth-order valence-corrected chi connectivity index (χ4v) is 1.93. The van der Waals surface area contributed by atoms with Crippen molar-refractivity contribution in [3.63, 3.8) is 0 Å². The monoisotopic (exact) mass is 241 g/mol. The first kappa shape index (κ1) is 10.7. The summed E-state index contributed by atoms with van der Waals surface area (Å²) >= 11 is 0. The van der Waals surface area contributed by atoms with Crippen LogP contribution in [-0.2, 0) is 9.63 Å². The van der Waals surface area contributed by atoms with Crippen LogP contribution in [0.15, 0.2) is 41.7 Å². The van der Waals surface area contributed by atoms with Crippen molar-refractivity contribution in [1.29, 1.82) is 0 Å². The van der Waals surface area contributed by atoms with Crippen LogP contribution < -0.4 is 5.73 Å². The van der Waals surface area contributed by atoms with Crippen LogP contribution in [0.3, 0.4) is 0 Å². The predicted molar refractivity (Wildman–Crippen MR) is 67.0 cm³/mol. The molecular weight excluding hydrogens is 230 g/mol. The van der Waals surface area contributed by atoms with E-state index >= 15 is 0 Å². The maximum Gasteiger partial charge on any atom is 0.261 e. The van der Waals surface area contributed by atoms with E-state index in [0.29, 0.717) is 12.1 Å². The van der Waals surface area contributed by atoms with E-state index < -0.39 is 12.0 Å². The Morgan fingerprint density at radius 3 is 3.00 bits per heavy atom. The lowest BCUT2D eigenvalue weighted by molar-refractivity contribution is -0.127. The molecular formula is C13H11N3O2. The largest absolute Gasteiger partial charge is 0.382 e. The second-order valence-corrected chi connectivity index (χ2v) is 4.16. The van der Waals surface area contributed by atoms with E-state index in [2.05, 4.69) is 10.1 Å². The molecule has 1 aromatic heterocycles. The number of hydrogen-bond acceptors (Lipinski definition) is 4. The van der Waals surface area contributed by atoms with Gasteiger partial charge in [-0.3, -0.25) is 9.78 Å². The van der Waals surface area contributed by atoms with Crippen LogP contribution in [0.2, 0.25) is 0 Å². The lowest BCUT2D eigenvalue weighted by Gasteiger charge is -2.02. The van der Waals surface area contributed by atoms with Gasteiger partial charge in [-0.2, -0.15) is 0 Å². The van der Waals surface area contributed by atoms with E-state index in [0.717, 1.165) is 16.5 Å². The molecule has 0 spiro atoms. The van der Waals surface area contributed by atoms with Gasteiger partial charge in [-0.15, -0.1) is 0 Å². The van der Waals surface area contributed by atoms with Gasteiger partial charge in [0.25, 0.3) is 5.91 Å². The molecule has 2 N–H and O–H groups in total. The Morgan fingerprint density at radius 1 is 1.39 bits per heavy atom. The van der Waals surface area contributed by atoms with Crippen LogP contribution in [0.5, 0.6) is 0 Å². The van der Waals surface area contributed by atoms with Crippen LogP contribution in [0.1, 0.15) is 12.0 Å². The first-order chi connectivity index (χ1) is 8.74. The lowest BCUT2D eigenvalue weighted by atomic mass is 10.0. The minimum Gasteiger partial charge on any atom is -0.382 e. The lowest BCUT2D eigenvalue weighted by Crippen LogP contribution is -2.28. The molecule has 0 bridgehead atoms. The summed E-state index contributed by atoms with van der Waals surface area (Å²) < 4.78 is 0. The fourth-order valence-electron chi connectivity index (χ4n) is 1.93. The molecule has 0 fully saturated rings. The second-order valence-electron chi connectivity index (χ2n) is 4.16. The molecule has 18 heavy (non-hydrogen) atoms. The number of carbonyl (C=O) groups is 1. The van der Waals surface area contributed by atoms with Gasteiger partial charge < -0.3 is 10.6 Å². The van der Waals surface area contributed by atoms with Crippen molar-refractivity contribution in [3.05, 3.63) is 42.1 Å². The van der Waals surface area contributed by atoms with Gasteiger partial charge in [0.05, 0.1) is 11.2 Å². The number of amides is 1. The van der Waals surface area contributed by atoms with Crippen molar-refractivity contribution in [3.8, 4) is 0 Å². The van der Waals surface area contributed by atoms with E-state index in [1.165, 1.54) is 0 Å². The molecule has 5 nitrogen and oxygen atoms in total. The van der Waals surface area contributed by atoms with Crippen molar-refractivity contribution in [2.24, 2.45) is 10.9 Å². The zero-order chi connectivity index (χ0) is 12.5. The maximum atomic E-state index is 11.0. The van der Waals surface area contributed by atoms with Crippen LogP contribution in [0, 0.1) is 0 Å². The number of nitrogens with two attached hydrogens (primary N) is 1. The molecule has 1 atom stereocenters. The van der Waals surface area contributed by atoms with E-state index in [9.17, 15) is 4.79 Å². The molecule has 1 aliphatic rings. The number of carbonyl (C=O) groups excluding carboxylic acids is 1. The smallest absolute Gasteiger partial charge is 0.261 e. The van der Waals surface area contributed by atoms with E-state index in [1.54, 1.807) is 6.20 Å². The predicted octanol–water partition coefficient (Wildman–Crippen LogP) is 1.21. The summed E-state index contributed by atoms with van der Waals surface area (Å²) in [6, 6.07) is 9.79. The number of nitrogens with zero attached hydrogens (tertiary/aromatic N) is 2. The van der Waals surface area contributed by atoms with Crippen LogP contribution in [0.25, 0.3) is 10.9 Å². The maximum absolute atomic E-state index is 11.0. The van der Waals surface area contributed by atoms with Gasteiger partial charge in [-0.25, -0.2) is 0 Å². The van der Waals surface area contributed by atoms with Gasteiger partial charge in [0.2, 0.25) is 6.10 Å². The number of hydrogen-bond donors (Lipinski definition) is 1. The van der Waals surface area contributed by atoms with Crippen molar-refractivity contribution < 1.29 is 9.63 Å². The molecule has 2 aromatic rings. The first-order valence-corrected chi connectivity index (χ1v) is 5.61. The van der Waals surface area contributed by atoms with E-state index in [4.69, 9.17) is 10.6 Å². The Hall–Kier alpha value is -2.43. The standard InChI is InChI=1S/C13H11N3O2/c14-13(17)12-6-11(16-18-12)9-5-8-3-1-2-4-10(8)15-7-9/h1-5,7,12H,6H2,(H2,14,17). The third-order valence-corrected chi connectivity index (χ3v) is 2.91. The fraction of sp³-hybridized carbons (Fsp3) is 0.154. The average Bonchev–Trinajstić information content (AvgIpc) is 2.88. The number of rotatable bonds is 2. The number of para-hydroxylation sites is 1. The number of aromatic nitrogens is 1. The summed E-state index contributed by atoms with van der Waals surface area (Å²) in [5, 5.41) is 4.92. The average molecular weight is 241 g/mol. The molecule has 90 valence electrons. The summed E-state index contributed by atoms with van der Waals surface area (Å²) in [4.78, 5) is 20.3. The number of pyridine rings is 1. The number of primary amides is 1. The Kier molecular flexibility index (Phi) is 2.44. The third-order valence-electron chi connectivity index (χ3n) is 2.91. The van der Waals surface area contributed by atoms with Crippen molar-refractivity contribution in [1.82, 2.24) is 4.98 Å². The number of fused-ring (bicyclic) bond motifs is 1. The molecule has 1 unspecified atom stereocenters. The minimum absolute atomic E-state index is 0.398. The molecule has 1 aliphatic heterocycles. The topological polar surface area (TPSA) is 77.6 Å². The highest BCUT2D eigenvalue weighted by Crippen LogP contribution is 2.19. The van der Waals surface area contributed by atoms with Crippen LogP contribution in [-0.4, -0.2) is 22.7 Å². The van der Waals surface area contributed by atoms with E-state index in [-0.39, 0.29) is 0 Å². The summed E-state index contributed by atoms with van der Waals surface area (Å²) in [6.07, 6.45) is 1.47. The van der Waals surface area contributed by atoms with Gasteiger partial charge in [-0.1, -0.05) is 23.4 Å². The van der Waals surface area contributed by atoms with Gasteiger partial charge in [0.15, 0.2) is 0 Å². The molecule has 0 aliphatic carbocycles. The molecule has 5 heteroatoms. The molecule has 2 heterocycles. The Balaban J connectivity index is 1.94. The van der Waals surface area contributed by atoms with E-state index in [1.807, 2.05) is 30.3 Å².